The van der Waals surface area contributed by atoms with Gasteiger partial charge in [0.05, 0.1) is 17.7 Å². The second-order valence-corrected chi connectivity index (χ2v) is 6.08. The summed E-state index contributed by atoms with van der Waals surface area (Å²) in [7, 11) is 0. The maximum absolute atomic E-state index is 12.7. The van der Waals surface area contributed by atoms with Gasteiger partial charge in [0, 0.05) is 6.54 Å². The number of carbonyl (C=O) groups excluding carboxylic acids is 1. The maximum Gasteiger partial charge on any atom is 0.416 e. The second-order valence-electron chi connectivity index (χ2n) is 6.08. The molecule has 0 saturated carbocycles. The van der Waals surface area contributed by atoms with Gasteiger partial charge in [-0.05, 0) is 50.0 Å². The van der Waals surface area contributed by atoms with Crippen LogP contribution in [-0.4, -0.2) is 41.6 Å². The van der Waals surface area contributed by atoms with Crippen molar-refractivity contribution in [1.82, 2.24) is 10.2 Å². The fourth-order valence-corrected chi connectivity index (χ4v) is 3.03. The Morgan fingerprint density at radius 3 is 2.88 bits per heavy atom. The summed E-state index contributed by atoms with van der Waals surface area (Å²) < 4.78 is 38.1. The van der Waals surface area contributed by atoms with Crippen molar-refractivity contribution < 1.29 is 23.1 Å². The molecule has 0 aromatic heterocycles. The topological polar surface area (TPSA) is 52.6 Å². The zero-order valence-corrected chi connectivity index (χ0v) is 13.6. The largest absolute Gasteiger partial charge is 0.416 e. The van der Waals surface area contributed by atoms with E-state index in [9.17, 15) is 23.1 Å². The monoisotopic (exact) mass is 344 g/mol. The number of carbonyl (C=O) groups is 1. The second kappa shape index (κ2) is 7.98. The lowest BCUT2D eigenvalue weighted by atomic mass is 10.1. The van der Waals surface area contributed by atoms with Gasteiger partial charge in [-0.25, -0.2) is 0 Å². The molecule has 1 aromatic carbocycles. The number of hydrogen-bond acceptors (Lipinski definition) is 3. The lowest BCUT2D eigenvalue weighted by Crippen LogP contribution is -2.44. The summed E-state index contributed by atoms with van der Waals surface area (Å²) in [6.07, 6.45) is -2.95. The average molecular weight is 344 g/mol. The Bertz CT molecular complexity index is 563. The van der Waals surface area contributed by atoms with Crippen LogP contribution in [0.25, 0.3) is 0 Å². The number of amides is 1. The quantitative estimate of drug-likeness (QED) is 0.834. The molecular formula is C17H23F3N2O2. The Labute approximate surface area is 139 Å². The van der Waals surface area contributed by atoms with E-state index in [0.717, 1.165) is 44.5 Å². The van der Waals surface area contributed by atoms with Gasteiger partial charge in [-0.1, -0.05) is 19.1 Å². The van der Waals surface area contributed by atoms with E-state index in [1.165, 1.54) is 12.1 Å². The minimum Gasteiger partial charge on any atom is -0.387 e. The molecule has 1 aliphatic rings. The molecule has 2 N–H and O–H groups in total. The molecule has 1 amide bonds. The molecule has 0 radical (unpaired) electrons. The number of rotatable bonds is 6. The van der Waals surface area contributed by atoms with E-state index in [2.05, 4.69) is 10.2 Å². The van der Waals surface area contributed by atoms with Crippen molar-refractivity contribution in [2.45, 2.75) is 44.5 Å². The van der Waals surface area contributed by atoms with Gasteiger partial charge in [-0.3, -0.25) is 9.69 Å². The number of likely N-dealkylation sites (tertiary alicyclic amines) is 1. The fourth-order valence-electron chi connectivity index (χ4n) is 3.03. The highest BCUT2D eigenvalue weighted by atomic mass is 19.4. The number of nitrogens with zero attached hydrogens (tertiary/aromatic N) is 1. The summed E-state index contributed by atoms with van der Waals surface area (Å²) in [5.74, 6) is -0.174. The predicted molar refractivity (Wildman–Crippen MR) is 84.3 cm³/mol. The summed E-state index contributed by atoms with van der Waals surface area (Å²) in [6.45, 7) is 3.66. The van der Waals surface area contributed by atoms with Crippen molar-refractivity contribution in [3.8, 4) is 0 Å². The van der Waals surface area contributed by atoms with Crippen LogP contribution in [0.4, 0.5) is 13.2 Å². The summed E-state index contributed by atoms with van der Waals surface area (Å²) in [4.78, 5) is 14.4. The van der Waals surface area contributed by atoms with Crippen molar-refractivity contribution in [1.29, 1.82) is 0 Å². The van der Waals surface area contributed by atoms with E-state index < -0.39 is 17.8 Å². The van der Waals surface area contributed by atoms with Gasteiger partial charge in [-0.15, -0.1) is 0 Å². The first kappa shape index (κ1) is 18.7. The molecule has 2 atom stereocenters. The summed E-state index contributed by atoms with van der Waals surface area (Å²) in [5.41, 5.74) is -0.669. The minimum atomic E-state index is -4.45. The molecule has 1 fully saturated rings. The fraction of sp³-hybridized carbons (Fsp3) is 0.588. The highest BCUT2D eigenvalue weighted by Gasteiger charge is 2.32. The normalized spacial score (nSPS) is 20.1. The van der Waals surface area contributed by atoms with Crippen LogP contribution in [0.3, 0.4) is 0 Å². The zero-order valence-electron chi connectivity index (χ0n) is 13.6. The van der Waals surface area contributed by atoms with Crippen LogP contribution in [0.15, 0.2) is 24.3 Å². The molecular weight excluding hydrogens is 321 g/mol. The standard InChI is InChI=1S/C17H23F3N2O2/c1-2-8-22-9-4-7-14(22)16(24)21-11-15(23)12-5-3-6-13(10-12)17(18,19)20/h3,5-6,10,14-15,23H,2,4,7-9,11H2,1H3,(H,21,24). The summed E-state index contributed by atoms with van der Waals surface area (Å²) in [5, 5.41) is 12.7. The van der Waals surface area contributed by atoms with E-state index in [0.29, 0.717) is 0 Å². The van der Waals surface area contributed by atoms with Crippen molar-refractivity contribution in [2.75, 3.05) is 19.6 Å². The molecule has 0 aliphatic carbocycles. The van der Waals surface area contributed by atoms with Crippen LogP contribution >= 0.6 is 0 Å². The van der Waals surface area contributed by atoms with Crippen LogP contribution in [-0.2, 0) is 11.0 Å². The minimum absolute atomic E-state index is 0.101. The number of alkyl halides is 3. The third-order valence-electron chi connectivity index (χ3n) is 4.25. The number of aliphatic hydroxyl groups excluding tert-OH is 1. The molecule has 24 heavy (non-hydrogen) atoms. The molecule has 1 heterocycles. The molecule has 134 valence electrons. The van der Waals surface area contributed by atoms with Crippen molar-refractivity contribution in [3.63, 3.8) is 0 Å². The SMILES string of the molecule is CCCN1CCCC1C(=O)NCC(O)c1cccc(C(F)(F)F)c1. The Balaban J connectivity index is 1.93. The van der Waals surface area contributed by atoms with Crippen LogP contribution in [0.5, 0.6) is 0 Å². The molecule has 0 bridgehead atoms. The molecule has 7 heteroatoms. The highest BCUT2D eigenvalue weighted by Crippen LogP contribution is 2.30. The van der Waals surface area contributed by atoms with Crippen LogP contribution in [0, 0.1) is 0 Å². The van der Waals surface area contributed by atoms with Gasteiger partial charge in [-0.2, -0.15) is 13.2 Å². The van der Waals surface area contributed by atoms with Crippen LogP contribution in [0.1, 0.15) is 43.4 Å². The molecule has 1 aromatic rings. The van der Waals surface area contributed by atoms with E-state index in [4.69, 9.17) is 0 Å². The van der Waals surface area contributed by atoms with E-state index in [1.807, 2.05) is 6.92 Å². The van der Waals surface area contributed by atoms with E-state index >= 15 is 0 Å². The van der Waals surface area contributed by atoms with E-state index in [1.54, 1.807) is 0 Å². The number of benzene rings is 1. The Kier molecular flexibility index (Phi) is 6.23. The summed E-state index contributed by atoms with van der Waals surface area (Å²) >= 11 is 0. The third kappa shape index (κ3) is 4.70. The van der Waals surface area contributed by atoms with Crippen molar-refractivity contribution >= 4 is 5.91 Å². The third-order valence-corrected chi connectivity index (χ3v) is 4.25. The lowest BCUT2D eigenvalue weighted by Gasteiger charge is -2.23. The van der Waals surface area contributed by atoms with Gasteiger partial charge in [0.15, 0.2) is 0 Å². The van der Waals surface area contributed by atoms with Crippen molar-refractivity contribution in [3.05, 3.63) is 35.4 Å². The molecule has 1 aliphatic heterocycles. The molecule has 0 spiro atoms. The highest BCUT2D eigenvalue weighted by molar-refractivity contribution is 5.82. The Hall–Kier alpha value is -1.60. The number of hydrogen-bond donors (Lipinski definition) is 2. The Morgan fingerprint density at radius 2 is 2.21 bits per heavy atom. The number of halogens is 3. The first-order valence-electron chi connectivity index (χ1n) is 8.20. The van der Waals surface area contributed by atoms with Gasteiger partial charge < -0.3 is 10.4 Å². The van der Waals surface area contributed by atoms with Crippen LogP contribution < -0.4 is 5.32 Å². The van der Waals surface area contributed by atoms with Gasteiger partial charge >= 0.3 is 6.18 Å². The van der Waals surface area contributed by atoms with E-state index in [-0.39, 0.29) is 24.1 Å². The molecule has 4 nitrogen and oxygen atoms in total. The first-order valence-corrected chi connectivity index (χ1v) is 8.20. The summed E-state index contributed by atoms with van der Waals surface area (Å²) in [6, 6.07) is 4.33. The van der Waals surface area contributed by atoms with Gasteiger partial charge in [0.25, 0.3) is 0 Å². The zero-order chi connectivity index (χ0) is 17.7. The average Bonchev–Trinajstić information content (AvgIpc) is 3.00. The number of nitrogens with one attached hydrogen (secondary N) is 1. The van der Waals surface area contributed by atoms with Crippen molar-refractivity contribution in [2.24, 2.45) is 0 Å². The molecule has 1 saturated heterocycles. The van der Waals surface area contributed by atoms with Crippen LogP contribution in [0.2, 0.25) is 0 Å². The smallest absolute Gasteiger partial charge is 0.387 e. The Morgan fingerprint density at radius 1 is 1.46 bits per heavy atom. The maximum atomic E-state index is 12.7. The predicted octanol–water partition coefficient (Wildman–Crippen LogP) is 2.73. The van der Waals surface area contributed by atoms with Gasteiger partial charge in [0.1, 0.15) is 0 Å². The lowest BCUT2D eigenvalue weighted by molar-refractivity contribution is -0.137. The first-order chi connectivity index (χ1) is 11.3. The number of aliphatic hydroxyl groups is 1. The molecule has 2 rings (SSSR count). The molecule has 2 unspecified atom stereocenters. The van der Waals surface area contributed by atoms with Gasteiger partial charge in [0.2, 0.25) is 5.91 Å².